The Hall–Kier alpha value is -3.08. The fourth-order valence-corrected chi connectivity index (χ4v) is 4.31. The van der Waals surface area contributed by atoms with Crippen LogP contribution in [-0.2, 0) is 32.3 Å². The first kappa shape index (κ1) is 29.2. The second kappa shape index (κ2) is 11.8. The largest absolute Gasteiger partial charge is 0.416 e. The number of nitrogens with one attached hydrogen (secondary N) is 1. The molecule has 0 unspecified atom stereocenters. The van der Waals surface area contributed by atoms with Crippen molar-refractivity contribution in [1.29, 1.82) is 0 Å². The van der Waals surface area contributed by atoms with Crippen LogP contribution in [0.15, 0.2) is 48.5 Å². The summed E-state index contributed by atoms with van der Waals surface area (Å²) in [5.41, 5.74) is 0.272. The zero-order chi connectivity index (χ0) is 27.3. The molecule has 0 radical (unpaired) electrons. The minimum absolute atomic E-state index is 0.0147. The minimum Gasteiger partial charge on any atom is -0.352 e. The molecule has 2 amide bonds. The first-order valence-electron chi connectivity index (χ1n) is 11.4. The number of carbonyl (C=O) groups excluding carboxylic acids is 2. The lowest BCUT2D eigenvalue weighted by Crippen LogP contribution is -2.52. The molecule has 0 aliphatic carbocycles. The average molecular weight is 528 g/mol. The molecule has 0 aromatic heterocycles. The summed E-state index contributed by atoms with van der Waals surface area (Å²) in [6, 6.07) is 9.88. The van der Waals surface area contributed by atoms with Crippen LogP contribution in [0.2, 0.25) is 0 Å². The third-order valence-corrected chi connectivity index (χ3v) is 7.05. The van der Waals surface area contributed by atoms with Gasteiger partial charge in [0.05, 0.1) is 17.5 Å². The van der Waals surface area contributed by atoms with Gasteiger partial charge in [-0.3, -0.25) is 13.9 Å². The predicted octanol–water partition coefficient (Wildman–Crippen LogP) is 4.11. The number of anilines is 1. The summed E-state index contributed by atoms with van der Waals surface area (Å²) in [5, 5.41) is 2.81. The van der Waals surface area contributed by atoms with Crippen molar-refractivity contribution in [2.45, 2.75) is 58.9 Å². The molecule has 11 heteroatoms. The first-order chi connectivity index (χ1) is 16.6. The van der Waals surface area contributed by atoms with E-state index in [-0.39, 0.29) is 18.3 Å². The summed E-state index contributed by atoms with van der Waals surface area (Å²) in [7, 11) is -4.14. The average Bonchev–Trinajstić information content (AvgIpc) is 2.80. The van der Waals surface area contributed by atoms with Crippen LogP contribution in [0, 0.1) is 6.92 Å². The Labute approximate surface area is 210 Å². The Morgan fingerprint density at radius 3 is 2.25 bits per heavy atom. The Balaban J connectivity index is 2.45. The molecule has 0 saturated carbocycles. The lowest BCUT2D eigenvalue weighted by molar-refractivity contribution is -0.139. The summed E-state index contributed by atoms with van der Waals surface area (Å²) in [6.07, 6.45) is -3.21. The smallest absolute Gasteiger partial charge is 0.352 e. The van der Waals surface area contributed by atoms with Crippen molar-refractivity contribution in [3.05, 3.63) is 65.2 Å². The van der Waals surface area contributed by atoms with E-state index in [9.17, 15) is 31.2 Å². The first-order valence-corrected chi connectivity index (χ1v) is 13.3. The molecule has 2 aromatic rings. The van der Waals surface area contributed by atoms with Crippen molar-refractivity contribution < 1.29 is 31.2 Å². The molecule has 1 N–H and O–H groups in total. The Morgan fingerprint density at radius 1 is 1.06 bits per heavy atom. The van der Waals surface area contributed by atoms with E-state index in [1.54, 1.807) is 12.1 Å². The number of alkyl halides is 3. The number of hydrogen-bond acceptors (Lipinski definition) is 4. The van der Waals surface area contributed by atoms with Crippen molar-refractivity contribution in [3.63, 3.8) is 0 Å². The standard InChI is InChI=1S/C25H32F3N3O4S/c1-6-18(3)29-24(33)19(4)30(15-20-11-8-7-10-17(20)2)23(32)16-31(36(5,34)35)22-13-9-12-21(14-22)25(26,27)28/h7-14,18-19H,6,15-16H2,1-5H3,(H,29,33)/t18-,19+/m1/s1. The van der Waals surface area contributed by atoms with Gasteiger partial charge in [0.2, 0.25) is 21.8 Å². The van der Waals surface area contributed by atoms with Crippen molar-refractivity contribution in [1.82, 2.24) is 10.2 Å². The maximum absolute atomic E-state index is 13.5. The lowest BCUT2D eigenvalue weighted by atomic mass is 10.1. The van der Waals surface area contributed by atoms with Crippen molar-refractivity contribution in [2.75, 3.05) is 17.1 Å². The zero-order valence-corrected chi connectivity index (χ0v) is 21.8. The lowest BCUT2D eigenvalue weighted by Gasteiger charge is -2.32. The monoisotopic (exact) mass is 527 g/mol. The number of carbonyl (C=O) groups is 2. The summed E-state index contributed by atoms with van der Waals surface area (Å²) in [6.45, 7) is 6.33. The second-order valence-corrected chi connectivity index (χ2v) is 10.7. The highest BCUT2D eigenvalue weighted by Gasteiger charge is 2.33. The predicted molar refractivity (Wildman–Crippen MR) is 133 cm³/mol. The van der Waals surface area contributed by atoms with Crippen LogP contribution in [-0.4, -0.2) is 50.0 Å². The van der Waals surface area contributed by atoms with Crippen LogP contribution in [0.4, 0.5) is 18.9 Å². The topological polar surface area (TPSA) is 86.8 Å². The summed E-state index contributed by atoms with van der Waals surface area (Å²) < 4.78 is 65.4. The minimum atomic E-state index is -4.69. The quantitative estimate of drug-likeness (QED) is 0.504. The van der Waals surface area contributed by atoms with Gasteiger partial charge in [0.15, 0.2) is 0 Å². The van der Waals surface area contributed by atoms with Gasteiger partial charge in [0.25, 0.3) is 0 Å². The summed E-state index contributed by atoms with van der Waals surface area (Å²) in [4.78, 5) is 27.6. The molecule has 36 heavy (non-hydrogen) atoms. The van der Waals surface area contributed by atoms with Crippen LogP contribution >= 0.6 is 0 Å². The molecule has 0 aliphatic rings. The molecule has 2 atom stereocenters. The Bertz CT molecular complexity index is 1190. The highest BCUT2D eigenvalue weighted by molar-refractivity contribution is 7.92. The van der Waals surface area contributed by atoms with Gasteiger partial charge in [-0.1, -0.05) is 37.3 Å². The molecular weight excluding hydrogens is 495 g/mol. The molecule has 2 aromatic carbocycles. The SMILES string of the molecule is CC[C@@H](C)NC(=O)[C@H](C)N(Cc1ccccc1C)C(=O)CN(c1cccc(C(F)(F)F)c1)S(C)(=O)=O. The third kappa shape index (κ3) is 7.71. The Morgan fingerprint density at radius 2 is 1.69 bits per heavy atom. The van der Waals surface area contributed by atoms with Gasteiger partial charge >= 0.3 is 6.18 Å². The van der Waals surface area contributed by atoms with E-state index in [1.165, 1.54) is 17.9 Å². The van der Waals surface area contributed by atoms with Gasteiger partial charge in [0.1, 0.15) is 12.6 Å². The molecular formula is C25H32F3N3O4S. The highest BCUT2D eigenvalue weighted by atomic mass is 32.2. The van der Waals surface area contributed by atoms with Crippen LogP contribution in [0.25, 0.3) is 0 Å². The number of sulfonamides is 1. The van der Waals surface area contributed by atoms with Crippen LogP contribution in [0.5, 0.6) is 0 Å². The molecule has 0 fully saturated rings. The van der Waals surface area contributed by atoms with E-state index >= 15 is 0 Å². The van der Waals surface area contributed by atoms with Crippen LogP contribution in [0.1, 0.15) is 43.9 Å². The van der Waals surface area contributed by atoms with E-state index in [2.05, 4.69) is 5.32 Å². The maximum Gasteiger partial charge on any atom is 0.416 e. The van der Waals surface area contributed by atoms with Crippen molar-refractivity contribution in [3.8, 4) is 0 Å². The van der Waals surface area contributed by atoms with Gasteiger partial charge < -0.3 is 10.2 Å². The van der Waals surface area contributed by atoms with E-state index in [4.69, 9.17) is 0 Å². The van der Waals surface area contributed by atoms with E-state index in [0.717, 1.165) is 29.5 Å². The molecule has 0 heterocycles. The van der Waals surface area contributed by atoms with Gasteiger partial charge in [-0.25, -0.2) is 8.42 Å². The second-order valence-electron chi connectivity index (χ2n) is 8.76. The summed E-state index contributed by atoms with van der Waals surface area (Å²) in [5.74, 6) is -1.15. The molecule has 0 bridgehead atoms. The van der Waals surface area contributed by atoms with E-state index in [1.807, 2.05) is 32.9 Å². The molecule has 2 rings (SSSR count). The van der Waals surface area contributed by atoms with Crippen molar-refractivity contribution in [2.24, 2.45) is 0 Å². The molecule has 7 nitrogen and oxygen atoms in total. The number of amides is 2. The van der Waals surface area contributed by atoms with E-state index in [0.29, 0.717) is 16.8 Å². The number of benzene rings is 2. The molecule has 198 valence electrons. The van der Waals surface area contributed by atoms with Gasteiger partial charge in [-0.2, -0.15) is 13.2 Å². The van der Waals surface area contributed by atoms with Crippen molar-refractivity contribution >= 4 is 27.5 Å². The van der Waals surface area contributed by atoms with Gasteiger partial charge in [0, 0.05) is 12.6 Å². The number of aryl methyl sites for hydroxylation is 1. The zero-order valence-electron chi connectivity index (χ0n) is 21.0. The fraction of sp³-hybridized carbons (Fsp3) is 0.440. The fourth-order valence-electron chi connectivity index (χ4n) is 3.47. The number of rotatable bonds is 10. The van der Waals surface area contributed by atoms with Gasteiger partial charge in [-0.05, 0) is 56.5 Å². The van der Waals surface area contributed by atoms with Gasteiger partial charge in [-0.15, -0.1) is 0 Å². The van der Waals surface area contributed by atoms with Crippen LogP contribution < -0.4 is 9.62 Å². The van der Waals surface area contributed by atoms with E-state index < -0.39 is 46.2 Å². The number of halogens is 3. The van der Waals surface area contributed by atoms with Crippen LogP contribution in [0.3, 0.4) is 0 Å². The normalized spacial score (nSPS) is 13.6. The highest BCUT2D eigenvalue weighted by Crippen LogP contribution is 2.32. The third-order valence-electron chi connectivity index (χ3n) is 5.91. The summed E-state index contributed by atoms with van der Waals surface area (Å²) >= 11 is 0. The molecule has 0 aliphatic heterocycles. The Kier molecular flexibility index (Phi) is 9.53. The number of hydrogen-bond donors (Lipinski definition) is 1. The molecule has 0 spiro atoms. The number of nitrogens with zero attached hydrogens (tertiary/aromatic N) is 2. The molecule has 0 saturated heterocycles. The maximum atomic E-state index is 13.5.